The van der Waals surface area contributed by atoms with Gasteiger partial charge in [-0.25, -0.2) is 22.8 Å². The number of ether oxygens (including phenoxy) is 1. The summed E-state index contributed by atoms with van der Waals surface area (Å²) in [5, 5.41) is 12.2. The van der Waals surface area contributed by atoms with Gasteiger partial charge < -0.3 is 15.0 Å². The van der Waals surface area contributed by atoms with E-state index in [-0.39, 0.29) is 38.7 Å². The first-order chi connectivity index (χ1) is 18.6. The van der Waals surface area contributed by atoms with Crippen LogP contribution < -0.4 is 19.7 Å². The minimum Gasteiger partial charge on any atom is -0.476 e. The van der Waals surface area contributed by atoms with E-state index in [2.05, 4.69) is 61.8 Å². The highest BCUT2D eigenvalue weighted by atomic mass is 32.2. The van der Waals surface area contributed by atoms with E-state index in [1.165, 1.54) is 10.9 Å². The molecule has 2 N–H and O–H groups in total. The molecule has 40 heavy (non-hydrogen) atoms. The fraction of sp³-hybridized carbons (Fsp3) is 0.556. The van der Waals surface area contributed by atoms with Crippen molar-refractivity contribution in [3.63, 3.8) is 0 Å². The molecule has 1 atom stereocenters. The Labute approximate surface area is 234 Å². The van der Waals surface area contributed by atoms with E-state index in [0.717, 1.165) is 0 Å². The van der Waals surface area contributed by atoms with Crippen LogP contribution in [0.1, 0.15) is 58.3 Å². The summed E-state index contributed by atoms with van der Waals surface area (Å²) in [5.74, 6) is 1.27. The number of pyridine rings is 1. The lowest BCUT2D eigenvalue weighted by Gasteiger charge is -2.33. The molecule has 3 aliphatic rings. The molecule has 2 bridgehead atoms. The van der Waals surface area contributed by atoms with E-state index in [1.807, 2.05) is 4.90 Å². The monoisotopic (exact) mass is 568 g/mol. The maximum Gasteiger partial charge on any atom is 0.269 e. The molecule has 5 heterocycles. The molecule has 0 spiro atoms. The zero-order valence-electron chi connectivity index (χ0n) is 23.9. The van der Waals surface area contributed by atoms with E-state index in [4.69, 9.17) is 9.72 Å². The molecule has 6 rings (SSSR count). The normalized spacial score (nSPS) is 23.8. The number of carbonyl (C=O) groups is 1. The van der Waals surface area contributed by atoms with Gasteiger partial charge in [-0.2, -0.15) is 5.10 Å². The van der Waals surface area contributed by atoms with Gasteiger partial charge in [-0.05, 0) is 43.2 Å². The summed E-state index contributed by atoms with van der Waals surface area (Å²) in [7, 11) is -2.54. The molecule has 2 aliphatic heterocycles. The first-order valence-corrected chi connectivity index (χ1v) is 14.9. The summed E-state index contributed by atoms with van der Waals surface area (Å²) >= 11 is 0. The quantitative estimate of drug-likeness (QED) is 0.487. The van der Waals surface area contributed by atoms with Crippen molar-refractivity contribution in [3.05, 3.63) is 36.2 Å². The molecule has 2 fully saturated rings. The van der Waals surface area contributed by atoms with E-state index in [9.17, 15) is 13.2 Å². The third kappa shape index (κ3) is 4.13. The van der Waals surface area contributed by atoms with E-state index >= 15 is 0 Å². The first kappa shape index (κ1) is 26.6. The Balaban J connectivity index is 1.34. The van der Waals surface area contributed by atoms with Crippen LogP contribution in [0.4, 0.5) is 11.6 Å². The number of hydrogen-bond donors (Lipinski definition) is 2. The van der Waals surface area contributed by atoms with E-state index in [1.54, 1.807) is 36.1 Å². The number of anilines is 2. The number of rotatable bonds is 4. The van der Waals surface area contributed by atoms with Crippen molar-refractivity contribution in [3.8, 4) is 11.7 Å². The molecule has 1 aliphatic carbocycles. The highest BCUT2D eigenvalue weighted by Crippen LogP contribution is 2.68. The van der Waals surface area contributed by atoms with Gasteiger partial charge in [0.05, 0.1) is 12.2 Å². The van der Waals surface area contributed by atoms with Crippen LogP contribution in [0.5, 0.6) is 5.88 Å². The minimum atomic E-state index is -4.18. The maximum absolute atomic E-state index is 13.4. The molecule has 1 saturated carbocycles. The van der Waals surface area contributed by atoms with Crippen molar-refractivity contribution in [1.29, 1.82) is 0 Å². The Hall–Kier alpha value is -3.61. The van der Waals surface area contributed by atoms with Gasteiger partial charge in [-0.3, -0.25) is 9.48 Å². The van der Waals surface area contributed by atoms with Gasteiger partial charge in [0.1, 0.15) is 10.7 Å². The molecule has 0 aromatic carbocycles. The number of nitrogens with one attached hydrogen (secondary N) is 2. The van der Waals surface area contributed by atoms with Crippen LogP contribution in [0.25, 0.3) is 5.82 Å². The molecular formula is C27H36N8O4S. The lowest BCUT2D eigenvalue weighted by Crippen LogP contribution is -2.41. The van der Waals surface area contributed by atoms with Gasteiger partial charge in [-0.15, -0.1) is 5.10 Å². The Bertz CT molecular complexity index is 1610. The second-order valence-corrected chi connectivity index (χ2v) is 14.5. The Morgan fingerprint density at radius 3 is 2.50 bits per heavy atom. The van der Waals surface area contributed by atoms with Gasteiger partial charge >= 0.3 is 0 Å². The minimum absolute atomic E-state index is 0.0744. The molecule has 0 unspecified atom stereocenters. The zero-order chi connectivity index (χ0) is 28.8. The zero-order valence-corrected chi connectivity index (χ0v) is 24.7. The van der Waals surface area contributed by atoms with Crippen molar-refractivity contribution < 1.29 is 17.9 Å². The molecular weight excluding hydrogens is 532 g/mol. The highest BCUT2D eigenvalue weighted by molar-refractivity contribution is 7.90. The lowest BCUT2D eigenvalue weighted by molar-refractivity contribution is 0.0981. The Morgan fingerprint density at radius 1 is 1.07 bits per heavy atom. The number of amides is 1. The molecule has 1 saturated heterocycles. The topological polar surface area (TPSA) is 136 Å². The second-order valence-electron chi connectivity index (χ2n) is 12.9. The standard InChI is InChI=1S/C27H36N8O4S/c1-25(2)12-16-13-34(25)23-17(24(36)32-40(37,38)18-14-33(7)31-22(18)28-16)8-9-20(29-23)35-11-10-21(30-35)39-15-19-26(3,4)27(19,5)6/h8-11,14,16,19H,12-13,15H2,1-7H3,(H,28,31)(H,32,36)/t16-/m0/s1. The Morgan fingerprint density at radius 2 is 1.80 bits per heavy atom. The van der Waals surface area contributed by atoms with Crippen LogP contribution in [0.3, 0.4) is 0 Å². The summed E-state index contributed by atoms with van der Waals surface area (Å²) < 4.78 is 37.6. The van der Waals surface area contributed by atoms with Crippen molar-refractivity contribution in [2.75, 3.05) is 23.4 Å². The number of fused-ring (bicyclic) bond motifs is 5. The van der Waals surface area contributed by atoms with Crippen molar-refractivity contribution >= 4 is 27.6 Å². The molecule has 0 radical (unpaired) electrons. The highest BCUT2D eigenvalue weighted by Gasteiger charge is 2.64. The molecule has 3 aromatic heterocycles. The molecule has 1 amide bonds. The van der Waals surface area contributed by atoms with E-state index < -0.39 is 15.9 Å². The number of sulfonamides is 1. The van der Waals surface area contributed by atoms with Gasteiger partial charge in [-0.1, -0.05) is 27.7 Å². The van der Waals surface area contributed by atoms with Crippen LogP contribution >= 0.6 is 0 Å². The largest absolute Gasteiger partial charge is 0.476 e. The van der Waals surface area contributed by atoms with Gasteiger partial charge in [0.15, 0.2) is 11.6 Å². The van der Waals surface area contributed by atoms with Crippen LogP contribution in [0, 0.1) is 16.7 Å². The lowest BCUT2D eigenvalue weighted by atomic mass is 10.00. The van der Waals surface area contributed by atoms with Crippen LogP contribution in [0.15, 0.2) is 35.5 Å². The summed E-state index contributed by atoms with van der Waals surface area (Å²) in [4.78, 5) is 20.2. The van der Waals surface area contributed by atoms with Crippen molar-refractivity contribution in [2.45, 2.75) is 64.4 Å². The fourth-order valence-corrected chi connectivity index (χ4v) is 7.39. The Kier molecular flexibility index (Phi) is 5.62. The number of aryl methyl sites for hydroxylation is 1. The van der Waals surface area contributed by atoms with Crippen LogP contribution in [0.2, 0.25) is 0 Å². The summed E-state index contributed by atoms with van der Waals surface area (Å²) in [6.07, 6.45) is 3.84. The SMILES string of the molecule is Cn1cc2c(n1)N[C@@H]1CN(c3nc(-n4ccc(OCC5C(C)(C)C5(C)C)n4)ccc3C(=O)NS2(=O)=O)C(C)(C)C1. The predicted molar refractivity (Wildman–Crippen MR) is 149 cm³/mol. The molecule has 214 valence electrons. The van der Waals surface area contributed by atoms with Gasteiger partial charge in [0.2, 0.25) is 5.88 Å². The van der Waals surface area contributed by atoms with Crippen LogP contribution in [-0.4, -0.2) is 63.6 Å². The first-order valence-electron chi connectivity index (χ1n) is 13.4. The van der Waals surface area contributed by atoms with Gasteiger partial charge in [0, 0.05) is 49.6 Å². The van der Waals surface area contributed by atoms with Crippen molar-refractivity contribution in [1.82, 2.24) is 29.3 Å². The number of hydrogen-bond acceptors (Lipinski definition) is 9. The third-order valence-electron chi connectivity index (χ3n) is 9.41. The average molecular weight is 569 g/mol. The third-order valence-corrected chi connectivity index (χ3v) is 10.7. The predicted octanol–water partition coefficient (Wildman–Crippen LogP) is 2.96. The van der Waals surface area contributed by atoms with Gasteiger partial charge in [0.25, 0.3) is 15.9 Å². The number of aromatic nitrogens is 5. The maximum atomic E-state index is 13.4. The molecule has 3 aromatic rings. The van der Waals surface area contributed by atoms with Crippen LogP contribution in [-0.2, 0) is 17.1 Å². The summed E-state index contributed by atoms with van der Waals surface area (Å²) in [6.45, 7) is 14.3. The number of carbonyl (C=O) groups excluding carboxylic acids is 1. The molecule has 13 heteroatoms. The number of nitrogens with zero attached hydrogens (tertiary/aromatic N) is 6. The second kappa shape index (κ2) is 8.45. The van der Waals surface area contributed by atoms with E-state index in [0.29, 0.717) is 43.0 Å². The fourth-order valence-electron chi connectivity index (χ4n) is 6.28. The summed E-state index contributed by atoms with van der Waals surface area (Å²) in [6, 6.07) is 4.93. The average Bonchev–Trinajstić information content (AvgIpc) is 3.39. The summed E-state index contributed by atoms with van der Waals surface area (Å²) in [5.41, 5.74) is 0.206. The van der Waals surface area contributed by atoms with Crippen molar-refractivity contribution in [2.24, 2.45) is 23.8 Å². The smallest absolute Gasteiger partial charge is 0.269 e. The molecule has 12 nitrogen and oxygen atoms in total.